The summed E-state index contributed by atoms with van der Waals surface area (Å²) < 4.78 is 31.0. The molecule has 3 atom stereocenters. The van der Waals surface area contributed by atoms with Crippen LogP contribution < -0.4 is 0 Å². The average Bonchev–Trinajstić information content (AvgIpc) is 2.61. The molecular weight excluding hydrogens is 338 g/mol. The number of esters is 1. The van der Waals surface area contributed by atoms with Crippen molar-refractivity contribution in [3.8, 4) is 0 Å². The van der Waals surface area contributed by atoms with E-state index in [-0.39, 0.29) is 17.0 Å². The first-order valence-corrected chi connectivity index (χ1v) is 10.6. The molecule has 0 aliphatic heterocycles. The second kappa shape index (κ2) is 7.46. The third kappa shape index (κ3) is 4.06. The zero-order chi connectivity index (χ0) is 18.0. The van der Waals surface area contributed by atoms with Crippen LogP contribution in [-0.4, -0.2) is 38.9 Å². The fourth-order valence-electron chi connectivity index (χ4n) is 4.13. The quantitative estimate of drug-likeness (QED) is 0.767. The summed E-state index contributed by atoms with van der Waals surface area (Å²) in [6, 6.07) is 5.99. The van der Waals surface area contributed by atoms with Crippen LogP contribution in [0.25, 0.3) is 0 Å². The Morgan fingerprint density at radius 2 is 1.64 bits per heavy atom. The van der Waals surface area contributed by atoms with Crippen molar-refractivity contribution in [3.63, 3.8) is 0 Å². The predicted molar refractivity (Wildman–Crippen MR) is 95.8 cm³/mol. The average molecular weight is 365 g/mol. The summed E-state index contributed by atoms with van der Waals surface area (Å²) >= 11 is 0. The van der Waals surface area contributed by atoms with Crippen LogP contribution in [0, 0.1) is 11.8 Å². The van der Waals surface area contributed by atoms with Gasteiger partial charge in [0, 0.05) is 14.1 Å². The molecule has 2 aliphatic carbocycles. The lowest BCUT2D eigenvalue weighted by Crippen LogP contribution is -2.33. The Morgan fingerprint density at radius 3 is 2.28 bits per heavy atom. The lowest BCUT2D eigenvalue weighted by molar-refractivity contribution is -0.000933. The van der Waals surface area contributed by atoms with Crippen LogP contribution in [0.5, 0.6) is 0 Å². The van der Waals surface area contributed by atoms with Gasteiger partial charge in [0.2, 0.25) is 10.0 Å². The fraction of sp³-hybridized carbons (Fsp3) is 0.632. The number of hydrogen-bond donors (Lipinski definition) is 0. The molecule has 0 N–H and O–H groups in total. The molecule has 1 aromatic carbocycles. The maximum atomic E-state index is 12.4. The number of carbonyl (C=O) groups is 1. The lowest BCUT2D eigenvalue weighted by atomic mass is 9.70. The Balaban J connectivity index is 1.62. The van der Waals surface area contributed by atoms with Crippen molar-refractivity contribution < 1.29 is 17.9 Å². The van der Waals surface area contributed by atoms with Crippen LogP contribution in [0.2, 0.25) is 0 Å². The first-order valence-electron chi connectivity index (χ1n) is 9.11. The van der Waals surface area contributed by atoms with Crippen molar-refractivity contribution >= 4 is 16.0 Å². The van der Waals surface area contributed by atoms with Crippen LogP contribution in [0.4, 0.5) is 0 Å². The molecule has 2 saturated carbocycles. The maximum Gasteiger partial charge on any atom is 0.338 e. The number of ether oxygens (including phenoxy) is 1. The number of hydrogen-bond acceptors (Lipinski definition) is 4. The third-order valence-corrected chi connectivity index (χ3v) is 7.46. The summed E-state index contributed by atoms with van der Waals surface area (Å²) in [5.41, 5.74) is 0.406. The highest BCUT2D eigenvalue weighted by Crippen LogP contribution is 2.41. The van der Waals surface area contributed by atoms with Gasteiger partial charge in [-0.25, -0.2) is 17.5 Å². The van der Waals surface area contributed by atoms with Gasteiger partial charge in [-0.2, -0.15) is 0 Å². The number of carbonyl (C=O) groups excluding carboxylic acids is 1. The minimum atomic E-state index is -3.48. The Morgan fingerprint density at radius 1 is 1.00 bits per heavy atom. The van der Waals surface area contributed by atoms with Gasteiger partial charge in [0.05, 0.1) is 10.5 Å². The molecule has 2 fully saturated rings. The van der Waals surface area contributed by atoms with E-state index in [9.17, 15) is 13.2 Å². The summed E-state index contributed by atoms with van der Waals surface area (Å²) in [6.45, 7) is 0. The van der Waals surface area contributed by atoms with E-state index < -0.39 is 10.0 Å². The number of sulfonamides is 1. The van der Waals surface area contributed by atoms with E-state index in [0.29, 0.717) is 11.5 Å². The summed E-state index contributed by atoms with van der Waals surface area (Å²) in [5, 5.41) is 0. The zero-order valence-corrected chi connectivity index (χ0v) is 15.8. The molecule has 0 spiro atoms. The second-order valence-corrected chi connectivity index (χ2v) is 9.61. The molecule has 0 unspecified atom stereocenters. The molecule has 0 bridgehead atoms. The highest BCUT2D eigenvalue weighted by atomic mass is 32.2. The molecular formula is C19H27NO4S. The number of benzene rings is 1. The van der Waals surface area contributed by atoms with E-state index in [4.69, 9.17) is 4.74 Å². The smallest absolute Gasteiger partial charge is 0.338 e. The van der Waals surface area contributed by atoms with E-state index >= 15 is 0 Å². The SMILES string of the molecule is CN(C)S(=O)(=O)c1ccc(C(=O)O[C@@H]2CC[C@H]3CCCC[C@@H]3C2)cc1. The van der Waals surface area contributed by atoms with Gasteiger partial charge in [-0.3, -0.25) is 0 Å². The van der Waals surface area contributed by atoms with Crippen LogP contribution in [0.1, 0.15) is 55.3 Å². The Kier molecular flexibility index (Phi) is 5.49. The van der Waals surface area contributed by atoms with Crippen molar-refractivity contribution in [1.29, 1.82) is 0 Å². The van der Waals surface area contributed by atoms with Crippen molar-refractivity contribution in [2.45, 2.75) is 55.9 Å². The molecule has 0 amide bonds. The molecule has 2 aliphatic rings. The predicted octanol–water partition coefficient (Wildman–Crippen LogP) is 3.45. The van der Waals surface area contributed by atoms with Gasteiger partial charge in [0.25, 0.3) is 0 Å². The van der Waals surface area contributed by atoms with Crippen LogP contribution >= 0.6 is 0 Å². The molecule has 3 rings (SSSR count). The van der Waals surface area contributed by atoms with E-state index in [1.165, 1.54) is 64.0 Å². The number of nitrogens with zero attached hydrogens (tertiary/aromatic N) is 1. The van der Waals surface area contributed by atoms with Gasteiger partial charge in [0.15, 0.2) is 0 Å². The largest absolute Gasteiger partial charge is 0.459 e. The molecule has 5 nitrogen and oxygen atoms in total. The van der Waals surface area contributed by atoms with Crippen molar-refractivity contribution in [2.24, 2.45) is 11.8 Å². The molecule has 0 radical (unpaired) electrons. The summed E-state index contributed by atoms with van der Waals surface area (Å²) in [6.07, 6.45) is 8.30. The molecule has 25 heavy (non-hydrogen) atoms. The van der Waals surface area contributed by atoms with Gasteiger partial charge in [-0.1, -0.05) is 25.7 Å². The molecule has 138 valence electrons. The normalized spacial score (nSPS) is 26.9. The minimum Gasteiger partial charge on any atom is -0.459 e. The minimum absolute atomic E-state index is 0.00275. The first kappa shape index (κ1) is 18.4. The molecule has 0 aromatic heterocycles. The van der Waals surface area contributed by atoms with Crippen LogP contribution in [0.3, 0.4) is 0 Å². The van der Waals surface area contributed by atoms with Crippen LogP contribution in [-0.2, 0) is 14.8 Å². The Hall–Kier alpha value is -1.40. The Bertz CT molecular complexity index is 711. The fourth-order valence-corrected chi connectivity index (χ4v) is 5.03. The molecule has 0 heterocycles. The van der Waals surface area contributed by atoms with Gasteiger partial charge in [0.1, 0.15) is 6.10 Å². The first-order chi connectivity index (χ1) is 11.9. The van der Waals surface area contributed by atoms with E-state index in [0.717, 1.165) is 29.5 Å². The van der Waals surface area contributed by atoms with Gasteiger partial charge < -0.3 is 4.74 Å². The Labute approximate surface area is 150 Å². The standard InChI is InChI=1S/C19H27NO4S/c1-20(2)25(22,23)18-11-8-15(9-12-18)19(21)24-17-10-7-14-5-3-4-6-16(14)13-17/h8-9,11-12,14,16-17H,3-7,10,13H2,1-2H3/t14-,16-,17-/m1/s1. The number of fused-ring (bicyclic) bond motifs is 1. The van der Waals surface area contributed by atoms with E-state index in [2.05, 4.69) is 0 Å². The van der Waals surface area contributed by atoms with E-state index in [1.54, 1.807) is 0 Å². The van der Waals surface area contributed by atoms with Crippen molar-refractivity contribution in [1.82, 2.24) is 4.31 Å². The van der Waals surface area contributed by atoms with E-state index in [1.807, 2.05) is 0 Å². The summed E-state index contributed by atoms with van der Waals surface area (Å²) in [4.78, 5) is 12.6. The molecule has 0 saturated heterocycles. The molecule has 6 heteroatoms. The third-order valence-electron chi connectivity index (χ3n) is 5.63. The monoisotopic (exact) mass is 365 g/mol. The zero-order valence-electron chi connectivity index (χ0n) is 15.0. The highest BCUT2D eigenvalue weighted by molar-refractivity contribution is 7.89. The van der Waals surface area contributed by atoms with Gasteiger partial charge >= 0.3 is 5.97 Å². The summed E-state index contributed by atoms with van der Waals surface area (Å²) in [7, 11) is -0.508. The summed E-state index contributed by atoms with van der Waals surface area (Å²) in [5.74, 6) is 1.17. The van der Waals surface area contributed by atoms with Crippen molar-refractivity contribution in [2.75, 3.05) is 14.1 Å². The molecule has 1 aromatic rings. The maximum absolute atomic E-state index is 12.4. The lowest BCUT2D eigenvalue weighted by Gasteiger charge is -2.38. The number of rotatable bonds is 4. The van der Waals surface area contributed by atoms with Gasteiger partial charge in [-0.05, 0) is 55.4 Å². The second-order valence-electron chi connectivity index (χ2n) is 7.46. The van der Waals surface area contributed by atoms with Gasteiger partial charge in [-0.15, -0.1) is 0 Å². The topological polar surface area (TPSA) is 63.7 Å². The van der Waals surface area contributed by atoms with Crippen molar-refractivity contribution in [3.05, 3.63) is 29.8 Å². The van der Waals surface area contributed by atoms with Crippen LogP contribution in [0.15, 0.2) is 29.2 Å². The highest BCUT2D eigenvalue weighted by Gasteiger charge is 2.33.